The molecule has 0 aromatic carbocycles. The van der Waals surface area contributed by atoms with Gasteiger partial charge in [-0.1, -0.05) is 27.7 Å². The van der Waals surface area contributed by atoms with Crippen molar-refractivity contribution in [2.45, 2.75) is 91.5 Å². The van der Waals surface area contributed by atoms with E-state index in [2.05, 4.69) is 10.6 Å². The maximum atomic E-state index is 12.1. The molecule has 26 heavy (non-hydrogen) atoms. The molecule has 0 aliphatic carbocycles. The van der Waals surface area contributed by atoms with Crippen molar-refractivity contribution in [3.63, 3.8) is 0 Å². The van der Waals surface area contributed by atoms with Crippen LogP contribution in [0.2, 0.25) is 0 Å². The summed E-state index contributed by atoms with van der Waals surface area (Å²) in [7, 11) is 0. The van der Waals surface area contributed by atoms with Crippen LogP contribution in [0.15, 0.2) is 0 Å². The van der Waals surface area contributed by atoms with Gasteiger partial charge in [0.05, 0.1) is 24.6 Å². The normalized spacial score (nSPS) is 15.3. The molecule has 0 rings (SSSR count). The lowest BCUT2D eigenvalue weighted by Gasteiger charge is -2.28. The van der Waals surface area contributed by atoms with Crippen LogP contribution >= 0.6 is 0 Å². The van der Waals surface area contributed by atoms with Gasteiger partial charge >= 0.3 is 6.09 Å². The van der Waals surface area contributed by atoms with Gasteiger partial charge in [-0.3, -0.25) is 9.59 Å². The van der Waals surface area contributed by atoms with Crippen molar-refractivity contribution in [3.8, 4) is 0 Å². The van der Waals surface area contributed by atoms with Crippen molar-refractivity contribution >= 4 is 18.3 Å². The molecule has 0 aliphatic rings. The highest BCUT2D eigenvalue weighted by molar-refractivity contribution is 5.80. The second kappa shape index (κ2) is 11.2. The number of rotatable bonds is 10. The van der Waals surface area contributed by atoms with Gasteiger partial charge in [0.2, 0.25) is 12.2 Å². The van der Waals surface area contributed by atoms with Crippen LogP contribution in [0.5, 0.6) is 0 Å². The molecule has 0 aromatic rings. The van der Waals surface area contributed by atoms with Gasteiger partial charge in [0.1, 0.15) is 5.60 Å². The number of alkyl carbamates (subject to hydrolysis) is 1. The second-order valence-electron chi connectivity index (χ2n) is 8.52. The highest BCUT2D eigenvalue weighted by Crippen LogP contribution is 2.13. The number of aliphatic hydroxyl groups is 1. The number of carbonyl (C=O) groups excluding carboxylic acids is 3. The summed E-state index contributed by atoms with van der Waals surface area (Å²) < 4.78 is 5.22. The van der Waals surface area contributed by atoms with Crippen LogP contribution in [0.3, 0.4) is 0 Å². The van der Waals surface area contributed by atoms with E-state index >= 15 is 0 Å². The number of nitrogens with one attached hydrogen (secondary N) is 2. The van der Waals surface area contributed by atoms with Gasteiger partial charge in [0, 0.05) is 0 Å². The predicted molar refractivity (Wildman–Crippen MR) is 100 cm³/mol. The Morgan fingerprint density at radius 2 is 1.58 bits per heavy atom. The molecular weight excluding hydrogens is 336 g/mol. The summed E-state index contributed by atoms with van der Waals surface area (Å²) in [5.41, 5.74) is -0.654. The summed E-state index contributed by atoms with van der Waals surface area (Å²) in [6, 6.07) is -1.32. The average Bonchev–Trinajstić information content (AvgIpc) is 2.42. The summed E-state index contributed by atoms with van der Waals surface area (Å²) >= 11 is 0. The second-order valence-corrected chi connectivity index (χ2v) is 8.52. The van der Waals surface area contributed by atoms with E-state index in [0.717, 1.165) is 0 Å². The van der Waals surface area contributed by atoms with E-state index in [-0.39, 0.29) is 18.3 Å². The van der Waals surface area contributed by atoms with Crippen molar-refractivity contribution < 1.29 is 24.2 Å². The average molecular weight is 371 g/mol. The first kappa shape index (κ1) is 24.4. The van der Waals surface area contributed by atoms with E-state index < -0.39 is 35.8 Å². The lowest BCUT2D eigenvalue weighted by molar-refractivity contribution is -0.123. The van der Waals surface area contributed by atoms with E-state index in [9.17, 15) is 19.5 Å². The molecule has 0 spiro atoms. The largest absolute Gasteiger partial charge is 0.444 e. The fourth-order valence-corrected chi connectivity index (χ4v) is 2.47. The lowest BCUT2D eigenvalue weighted by atomic mass is 9.97. The summed E-state index contributed by atoms with van der Waals surface area (Å²) in [5.74, 6) is -0.0231. The van der Waals surface area contributed by atoms with E-state index in [1.165, 1.54) is 0 Å². The van der Waals surface area contributed by atoms with Crippen LogP contribution in [0.1, 0.15) is 67.7 Å². The maximum Gasteiger partial charge on any atom is 0.407 e. The molecule has 3 N–H and O–H groups in total. The molecule has 0 heterocycles. The van der Waals surface area contributed by atoms with Crippen LogP contribution in [-0.2, 0) is 14.3 Å². The third-order valence-electron chi connectivity index (χ3n) is 3.47. The zero-order valence-electron chi connectivity index (χ0n) is 17.1. The van der Waals surface area contributed by atoms with Gasteiger partial charge in [-0.2, -0.15) is 0 Å². The number of carbonyl (C=O) groups is 2. The third kappa shape index (κ3) is 11.8. The first-order valence-electron chi connectivity index (χ1n) is 9.18. The van der Waals surface area contributed by atoms with Crippen molar-refractivity contribution in [1.82, 2.24) is 10.6 Å². The molecule has 151 valence electrons. The molecule has 0 unspecified atom stereocenters. The summed E-state index contributed by atoms with van der Waals surface area (Å²) in [6.07, 6.45) is 0.833. The zero-order valence-corrected chi connectivity index (χ0v) is 17.1. The zero-order chi connectivity index (χ0) is 20.5. The van der Waals surface area contributed by atoms with E-state index in [1.54, 1.807) is 27.1 Å². The molecule has 7 heteroatoms. The number of amides is 2. The van der Waals surface area contributed by atoms with Crippen molar-refractivity contribution in [3.05, 3.63) is 0 Å². The molecule has 0 aromatic heterocycles. The Labute approximate surface area is 157 Å². The highest BCUT2D eigenvalue weighted by atomic mass is 16.6. The smallest absolute Gasteiger partial charge is 0.407 e. The van der Waals surface area contributed by atoms with Crippen molar-refractivity contribution in [2.24, 2.45) is 11.8 Å². The number of aliphatic hydroxyl groups excluding tert-OH is 1. The van der Waals surface area contributed by atoms with Crippen molar-refractivity contribution in [2.75, 3.05) is 0 Å². The number of hydrogen-bond donors (Lipinski definition) is 3. The Morgan fingerprint density at radius 1 is 1.04 bits per heavy atom. The third-order valence-corrected chi connectivity index (χ3v) is 3.47. The first-order chi connectivity index (χ1) is 11.8. The Hall–Kier alpha value is -1.63. The predicted octanol–water partition coefficient (Wildman–Crippen LogP) is 2.32. The summed E-state index contributed by atoms with van der Waals surface area (Å²) in [4.78, 5) is 35.0. The Kier molecular flexibility index (Phi) is 10.5. The van der Waals surface area contributed by atoms with E-state index in [1.807, 2.05) is 27.7 Å². The minimum atomic E-state index is -1.09. The van der Waals surface area contributed by atoms with Gasteiger partial charge < -0.3 is 20.5 Å². The number of hydrogen-bond acceptors (Lipinski definition) is 5. The van der Waals surface area contributed by atoms with Gasteiger partial charge in [-0.25, -0.2) is 4.79 Å². The Bertz CT molecular complexity index is 457. The number of ether oxygens (including phenoxy) is 1. The molecule has 3 atom stereocenters. The van der Waals surface area contributed by atoms with Crippen LogP contribution in [0, 0.1) is 11.8 Å². The van der Waals surface area contributed by atoms with Crippen molar-refractivity contribution in [1.29, 1.82) is 0 Å². The minimum Gasteiger partial charge on any atom is -0.444 e. The van der Waals surface area contributed by atoms with E-state index in [0.29, 0.717) is 12.8 Å². The SMILES string of the molecule is CC(C)C[C@@H]([C]=O)NC(=O)C[C@H](O)[C@H](CC(C)C)NC(=O)OC(C)(C)C. The van der Waals surface area contributed by atoms with Gasteiger partial charge in [0.15, 0.2) is 0 Å². The molecular formula is C19H35N2O5. The molecule has 1 radical (unpaired) electrons. The van der Waals surface area contributed by atoms with Gasteiger partial charge in [0.25, 0.3) is 0 Å². The molecule has 2 amide bonds. The maximum absolute atomic E-state index is 12.1. The standard InChI is InChI=1S/C19H35N2O5/c1-12(2)8-14(11-22)20-17(24)10-16(23)15(9-13(3)4)21-18(25)26-19(5,6)7/h12-16,23H,8-10H2,1-7H3,(H,20,24)(H,21,25)/t14-,15-,16-/m0/s1. The van der Waals surface area contributed by atoms with Gasteiger partial charge in [-0.15, -0.1) is 0 Å². The minimum absolute atomic E-state index is 0.199. The fraction of sp³-hybridized carbons (Fsp3) is 0.842. The quantitative estimate of drug-likeness (QED) is 0.547. The van der Waals surface area contributed by atoms with Crippen LogP contribution in [-0.4, -0.2) is 47.2 Å². The monoisotopic (exact) mass is 371 g/mol. The highest BCUT2D eigenvalue weighted by Gasteiger charge is 2.27. The first-order valence-corrected chi connectivity index (χ1v) is 9.18. The van der Waals surface area contributed by atoms with Gasteiger partial charge in [-0.05, 0) is 45.4 Å². The Morgan fingerprint density at radius 3 is 2.00 bits per heavy atom. The summed E-state index contributed by atoms with van der Waals surface area (Å²) in [5, 5.41) is 15.6. The molecule has 0 aliphatic heterocycles. The molecule has 7 nitrogen and oxygen atoms in total. The Balaban J connectivity index is 4.80. The van der Waals surface area contributed by atoms with Crippen LogP contribution in [0.4, 0.5) is 4.79 Å². The van der Waals surface area contributed by atoms with E-state index in [4.69, 9.17) is 4.74 Å². The molecule has 0 saturated heterocycles. The summed E-state index contributed by atoms with van der Waals surface area (Å²) in [6.45, 7) is 13.0. The fourth-order valence-electron chi connectivity index (χ4n) is 2.47. The molecule has 0 bridgehead atoms. The topological polar surface area (TPSA) is 105 Å². The van der Waals surface area contributed by atoms with Crippen LogP contribution < -0.4 is 10.6 Å². The molecule has 0 saturated carbocycles. The van der Waals surface area contributed by atoms with Crippen LogP contribution in [0.25, 0.3) is 0 Å². The molecule has 0 fully saturated rings. The lowest BCUT2D eigenvalue weighted by Crippen LogP contribution is -2.48.